The molecule has 0 amide bonds. The summed E-state index contributed by atoms with van der Waals surface area (Å²) in [6.07, 6.45) is 1.08. The number of aromatic nitrogens is 1. The minimum Gasteiger partial charge on any atom is -0.299 e. The van der Waals surface area contributed by atoms with Crippen LogP contribution in [0.25, 0.3) is 32.9 Å². The quantitative estimate of drug-likeness (QED) is 0.361. The molecule has 0 bridgehead atoms. The molecule has 1 aliphatic heterocycles. The molecule has 0 radical (unpaired) electrons. The first-order valence-corrected chi connectivity index (χ1v) is 10.4. The van der Waals surface area contributed by atoms with Gasteiger partial charge >= 0.3 is 0 Å². The Kier molecular flexibility index (Phi) is 4.22. The van der Waals surface area contributed by atoms with Crippen molar-refractivity contribution in [3.63, 3.8) is 0 Å². The SMILES string of the molecule is CCN1CCc2c(c(-c3cccc(Br)c3)nc3ccc4ccccc4c23)C1. The number of nitrogens with zero attached hydrogens (tertiary/aromatic N) is 2. The zero-order chi connectivity index (χ0) is 18.4. The van der Waals surface area contributed by atoms with E-state index >= 15 is 0 Å². The number of hydrogen-bond donors (Lipinski definition) is 0. The summed E-state index contributed by atoms with van der Waals surface area (Å²) in [5, 5.41) is 3.96. The van der Waals surface area contributed by atoms with Crippen LogP contribution >= 0.6 is 15.9 Å². The molecule has 0 saturated carbocycles. The Balaban J connectivity index is 1.87. The number of likely N-dealkylation sites (N-methyl/N-ethyl adjacent to an activating group) is 1. The summed E-state index contributed by atoms with van der Waals surface area (Å²) in [6, 6.07) is 21.6. The second-order valence-corrected chi connectivity index (χ2v) is 8.14. The van der Waals surface area contributed by atoms with E-state index in [1.54, 1.807) is 0 Å². The van der Waals surface area contributed by atoms with E-state index < -0.39 is 0 Å². The first kappa shape index (κ1) is 16.9. The number of rotatable bonds is 2. The van der Waals surface area contributed by atoms with Crippen molar-refractivity contribution in [2.75, 3.05) is 13.1 Å². The number of halogens is 1. The molecule has 0 spiro atoms. The summed E-state index contributed by atoms with van der Waals surface area (Å²) in [6.45, 7) is 5.40. The molecule has 0 aliphatic carbocycles. The van der Waals surface area contributed by atoms with Gasteiger partial charge in [-0.15, -0.1) is 0 Å². The summed E-state index contributed by atoms with van der Waals surface area (Å²) in [4.78, 5) is 7.69. The number of hydrogen-bond acceptors (Lipinski definition) is 2. The Hall–Kier alpha value is -2.23. The average molecular weight is 417 g/mol. The zero-order valence-electron chi connectivity index (χ0n) is 15.4. The highest BCUT2D eigenvalue weighted by Crippen LogP contribution is 2.37. The molecule has 27 heavy (non-hydrogen) atoms. The molecule has 3 heteroatoms. The van der Waals surface area contributed by atoms with Gasteiger partial charge in [0, 0.05) is 28.5 Å². The summed E-state index contributed by atoms with van der Waals surface area (Å²) in [5.74, 6) is 0. The van der Waals surface area contributed by atoms with Gasteiger partial charge in [0.15, 0.2) is 0 Å². The lowest BCUT2D eigenvalue weighted by Crippen LogP contribution is -2.31. The van der Waals surface area contributed by atoms with E-state index in [4.69, 9.17) is 4.98 Å². The van der Waals surface area contributed by atoms with Gasteiger partial charge in [0.2, 0.25) is 0 Å². The highest BCUT2D eigenvalue weighted by atomic mass is 79.9. The van der Waals surface area contributed by atoms with Crippen LogP contribution in [-0.4, -0.2) is 23.0 Å². The van der Waals surface area contributed by atoms with Crippen molar-refractivity contribution in [3.8, 4) is 11.3 Å². The molecule has 0 N–H and O–H groups in total. The van der Waals surface area contributed by atoms with Crippen LogP contribution in [-0.2, 0) is 13.0 Å². The van der Waals surface area contributed by atoms with Crippen LogP contribution in [0.15, 0.2) is 65.1 Å². The van der Waals surface area contributed by atoms with Crippen LogP contribution in [0.1, 0.15) is 18.1 Å². The maximum atomic E-state index is 5.17. The molecule has 0 saturated heterocycles. The fourth-order valence-electron chi connectivity index (χ4n) is 4.32. The minimum atomic E-state index is 0.972. The van der Waals surface area contributed by atoms with Gasteiger partial charge in [0.25, 0.3) is 0 Å². The minimum absolute atomic E-state index is 0.972. The Morgan fingerprint density at radius 1 is 1.00 bits per heavy atom. The molecule has 0 atom stereocenters. The van der Waals surface area contributed by atoms with Crippen molar-refractivity contribution < 1.29 is 0 Å². The molecule has 3 aromatic carbocycles. The van der Waals surface area contributed by atoms with E-state index in [1.165, 1.54) is 32.8 Å². The maximum absolute atomic E-state index is 5.17. The van der Waals surface area contributed by atoms with Crippen molar-refractivity contribution in [3.05, 3.63) is 76.3 Å². The van der Waals surface area contributed by atoms with Gasteiger partial charge in [-0.25, -0.2) is 4.98 Å². The van der Waals surface area contributed by atoms with E-state index in [9.17, 15) is 0 Å². The monoisotopic (exact) mass is 416 g/mol. The lowest BCUT2D eigenvalue weighted by atomic mass is 9.89. The standard InChI is InChI=1S/C24H21BrN2/c1-2-27-13-12-20-21(15-27)24(17-7-5-8-18(25)14-17)26-22-11-10-16-6-3-4-9-19(16)23(20)22/h3-11,14H,2,12-13,15H2,1H3. The fraction of sp³-hybridized carbons (Fsp3) is 0.208. The molecule has 2 nitrogen and oxygen atoms in total. The van der Waals surface area contributed by atoms with Crippen LogP contribution in [0.2, 0.25) is 0 Å². The molecule has 5 rings (SSSR count). The smallest absolute Gasteiger partial charge is 0.0757 e. The van der Waals surface area contributed by atoms with Crippen molar-refractivity contribution in [2.45, 2.75) is 19.9 Å². The molecular weight excluding hydrogens is 396 g/mol. The largest absolute Gasteiger partial charge is 0.299 e. The van der Waals surface area contributed by atoms with Gasteiger partial charge in [0.05, 0.1) is 11.2 Å². The first-order chi connectivity index (χ1) is 13.2. The van der Waals surface area contributed by atoms with E-state index in [2.05, 4.69) is 88.4 Å². The highest BCUT2D eigenvalue weighted by Gasteiger charge is 2.23. The summed E-state index contributed by atoms with van der Waals surface area (Å²) < 4.78 is 1.09. The van der Waals surface area contributed by atoms with Crippen molar-refractivity contribution in [1.82, 2.24) is 9.88 Å². The van der Waals surface area contributed by atoms with E-state index in [0.717, 1.165) is 41.7 Å². The van der Waals surface area contributed by atoms with Crippen LogP contribution in [0.5, 0.6) is 0 Å². The fourth-order valence-corrected chi connectivity index (χ4v) is 4.71. The van der Waals surface area contributed by atoms with Gasteiger partial charge in [-0.2, -0.15) is 0 Å². The predicted octanol–water partition coefficient (Wildman–Crippen LogP) is 6.20. The van der Waals surface area contributed by atoms with Crippen LogP contribution in [0.3, 0.4) is 0 Å². The lowest BCUT2D eigenvalue weighted by Gasteiger charge is -2.30. The van der Waals surface area contributed by atoms with Crippen LogP contribution in [0, 0.1) is 0 Å². The molecule has 1 aliphatic rings. The molecule has 2 heterocycles. The second kappa shape index (κ2) is 6.74. The van der Waals surface area contributed by atoms with Crippen molar-refractivity contribution >= 4 is 37.6 Å². The summed E-state index contributed by atoms with van der Waals surface area (Å²) in [5.41, 5.74) is 6.30. The lowest BCUT2D eigenvalue weighted by molar-refractivity contribution is 0.269. The normalized spacial score (nSPS) is 14.6. The molecular formula is C24H21BrN2. The van der Waals surface area contributed by atoms with E-state index in [1.807, 2.05) is 0 Å². The molecule has 4 aromatic rings. The van der Waals surface area contributed by atoms with E-state index in [-0.39, 0.29) is 0 Å². The van der Waals surface area contributed by atoms with Crippen LogP contribution < -0.4 is 0 Å². The zero-order valence-corrected chi connectivity index (χ0v) is 17.0. The number of pyridine rings is 1. The third-order valence-electron chi connectivity index (χ3n) is 5.70. The average Bonchev–Trinajstić information content (AvgIpc) is 2.72. The van der Waals surface area contributed by atoms with E-state index in [0.29, 0.717) is 0 Å². The number of fused-ring (bicyclic) bond motifs is 5. The third kappa shape index (κ3) is 2.86. The second-order valence-electron chi connectivity index (χ2n) is 7.23. The Labute approximate surface area is 168 Å². The third-order valence-corrected chi connectivity index (χ3v) is 6.19. The van der Waals surface area contributed by atoms with Crippen molar-refractivity contribution in [2.24, 2.45) is 0 Å². The Bertz CT molecular complexity index is 1170. The van der Waals surface area contributed by atoms with Gasteiger partial charge < -0.3 is 0 Å². The molecule has 1 aromatic heterocycles. The molecule has 0 fully saturated rings. The number of benzene rings is 3. The summed E-state index contributed by atoms with van der Waals surface area (Å²) in [7, 11) is 0. The highest BCUT2D eigenvalue weighted by molar-refractivity contribution is 9.10. The first-order valence-electron chi connectivity index (χ1n) is 9.56. The molecule has 134 valence electrons. The topological polar surface area (TPSA) is 16.1 Å². The van der Waals surface area contributed by atoms with Gasteiger partial charge in [-0.05, 0) is 53.1 Å². The Morgan fingerprint density at radius 3 is 2.74 bits per heavy atom. The Morgan fingerprint density at radius 2 is 1.89 bits per heavy atom. The van der Waals surface area contributed by atoms with Gasteiger partial charge in [-0.1, -0.05) is 65.3 Å². The summed E-state index contributed by atoms with van der Waals surface area (Å²) >= 11 is 3.63. The van der Waals surface area contributed by atoms with Crippen molar-refractivity contribution in [1.29, 1.82) is 0 Å². The maximum Gasteiger partial charge on any atom is 0.0757 e. The predicted molar refractivity (Wildman–Crippen MR) is 117 cm³/mol. The molecule has 0 unspecified atom stereocenters. The van der Waals surface area contributed by atoms with Gasteiger partial charge in [-0.3, -0.25) is 4.90 Å². The van der Waals surface area contributed by atoms with Gasteiger partial charge in [0.1, 0.15) is 0 Å². The van der Waals surface area contributed by atoms with Crippen LogP contribution in [0.4, 0.5) is 0 Å².